The van der Waals surface area contributed by atoms with Gasteiger partial charge in [0.25, 0.3) is 5.91 Å². The molecule has 10 nitrogen and oxygen atoms in total. The van der Waals surface area contributed by atoms with Crippen LogP contribution in [0.1, 0.15) is 36.2 Å². The highest BCUT2D eigenvalue weighted by Gasteiger charge is 2.14. The van der Waals surface area contributed by atoms with Gasteiger partial charge in [-0.2, -0.15) is 5.10 Å². The number of hydrogen-bond donors (Lipinski definition) is 2. The van der Waals surface area contributed by atoms with Gasteiger partial charge in [0, 0.05) is 18.5 Å². The van der Waals surface area contributed by atoms with Crippen molar-refractivity contribution in [3.8, 4) is 17.2 Å². The van der Waals surface area contributed by atoms with E-state index in [0.29, 0.717) is 38.6 Å². The fraction of sp³-hybridized carbons (Fsp3) is 0.333. The maximum absolute atomic E-state index is 12.1. The second-order valence-electron chi connectivity index (χ2n) is 6.88. The van der Waals surface area contributed by atoms with Crippen LogP contribution < -0.4 is 25.0 Å². The van der Waals surface area contributed by atoms with Crippen LogP contribution in [0.2, 0.25) is 0 Å². The molecule has 35 heavy (non-hydrogen) atoms. The molecular weight excluding hydrogens is 569 g/mol. The summed E-state index contributed by atoms with van der Waals surface area (Å²) in [6.45, 7) is 4.14. The topological polar surface area (TPSA) is 125 Å². The molecule has 0 heterocycles. The number of nitrogens with one attached hydrogen (secondary N) is 2. The molecule has 0 bridgehead atoms. The smallest absolute Gasteiger partial charge is 0.344 e. The third-order valence-corrected chi connectivity index (χ3v) is 5.17. The van der Waals surface area contributed by atoms with Gasteiger partial charge in [0.05, 0.1) is 30.1 Å². The Morgan fingerprint density at radius 3 is 2.46 bits per heavy atom. The van der Waals surface area contributed by atoms with E-state index >= 15 is 0 Å². The van der Waals surface area contributed by atoms with Gasteiger partial charge in [-0.3, -0.25) is 9.59 Å². The molecule has 2 amide bonds. The number of carbonyl (C=O) groups excluding carboxylic acids is 3. The molecule has 0 aliphatic carbocycles. The lowest BCUT2D eigenvalue weighted by Gasteiger charge is -2.14. The Labute approximate surface area is 217 Å². The van der Waals surface area contributed by atoms with Crippen LogP contribution >= 0.6 is 22.6 Å². The Hall–Kier alpha value is -3.35. The number of halogens is 1. The van der Waals surface area contributed by atoms with Crippen LogP contribution in [0, 0.1) is 3.57 Å². The van der Waals surface area contributed by atoms with E-state index in [4.69, 9.17) is 18.9 Å². The maximum atomic E-state index is 12.1. The molecular formula is C24H28IN3O7. The number of nitrogens with zero attached hydrogens (tertiary/aromatic N) is 1. The molecule has 0 aliphatic heterocycles. The quantitative estimate of drug-likeness (QED) is 0.158. The zero-order valence-corrected chi connectivity index (χ0v) is 21.9. The van der Waals surface area contributed by atoms with E-state index in [1.165, 1.54) is 6.21 Å². The molecule has 11 heteroatoms. The van der Waals surface area contributed by atoms with E-state index in [-0.39, 0.29) is 38.0 Å². The first kappa shape index (κ1) is 27.9. The second-order valence-corrected chi connectivity index (χ2v) is 8.05. The summed E-state index contributed by atoms with van der Waals surface area (Å²) in [5, 5.41) is 6.64. The van der Waals surface area contributed by atoms with Crippen molar-refractivity contribution in [2.45, 2.75) is 20.3 Å². The van der Waals surface area contributed by atoms with E-state index < -0.39 is 5.97 Å². The number of carbonyl (C=O) groups is 3. The minimum atomic E-state index is -0.473. The summed E-state index contributed by atoms with van der Waals surface area (Å²) >= 11 is 2.06. The lowest BCUT2D eigenvalue weighted by atomic mass is 10.2. The van der Waals surface area contributed by atoms with Gasteiger partial charge in [0.1, 0.15) is 5.75 Å². The van der Waals surface area contributed by atoms with E-state index in [1.54, 1.807) is 50.4 Å². The first-order valence-corrected chi connectivity index (χ1v) is 11.9. The SMILES string of the molecule is CCOC(=O)COc1c(I)cc(C=NNC(=O)CCNC(=O)c2ccc(OC)cc2)cc1OCC. The summed E-state index contributed by atoms with van der Waals surface area (Å²) in [7, 11) is 1.55. The minimum Gasteiger partial charge on any atom is -0.497 e. The molecule has 0 saturated heterocycles. The summed E-state index contributed by atoms with van der Waals surface area (Å²) in [6.07, 6.45) is 1.52. The van der Waals surface area contributed by atoms with E-state index in [1.807, 2.05) is 6.92 Å². The van der Waals surface area contributed by atoms with Crippen LogP contribution in [0.4, 0.5) is 0 Å². The van der Waals surface area contributed by atoms with Gasteiger partial charge >= 0.3 is 5.97 Å². The summed E-state index contributed by atoms with van der Waals surface area (Å²) in [5.41, 5.74) is 3.56. The van der Waals surface area contributed by atoms with Gasteiger partial charge in [-0.25, -0.2) is 10.2 Å². The van der Waals surface area contributed by atoms with Crippen molar-refractivity contribution >= 4 is 46.6 Å². The number of amides is 2. The lowest BCUT2D eigenvalue weighted by Crippen LogP contribution is -2.29. The standard InChI is InChI=1S/C24H28IN3O7/c1-4-33-20-13-16(12-19(25)23(20)35-15-22(30)34-5-2)14-27-28-21(29)10-11-26-24(31)17-6-8-18(32-3)9-7-17/h6-9,12-14H,4-5,10-11,15H2,1-3H3,(H,26,31)(H,28,29). The van der Waals surface area contributed by atoms with E-state index in [9.17, 15) is 14.4 Å². The predicted molar refractivity (Wildman–Crippen MR) is 138 cm³/mol. The molecule has 0 aliphatic rings. The van der Waals surface area contributed by atoms with Crippen LogP contribution in [-0.4, -0.2) is 57.5 Å². The number of hydrazone groups is 1. The Morgan fingerprint density at radius 2 is 1.80 bits per heavy atom. The van der Waals surface area contributed by atoms with Gasteiger partial charge in [0.15, 0.2) is 18.1 Å². The highest BCUT2D eigenvalue weighted by Crippen LogP contribution is 2.34. The van der Waals surface area contributed by atoms with Crippen molar-refractivity contribution in [3.63, 3.8) is 0 Å². The number of rotatable bonds is 13. The number of hydrogen-bond acceptors (Lipinski definition) is 8. The lowest BCUT2D eigenvalue weighted by molar-refractivity contribution is -0.145. The van der Waals surface area contributed by atoms with Gasteiger partial charge in [-0.05, 0) is 78.4 Å². The fourth-order valence-corrected chi connectivity index (χ4v) is 3.55. The zero-order valence-electron chi connectivity index (χ0n) is 19.8. The van der Waals surface area contributed by atoms with Crippen molar-refractivity contribution < 1.29 is 33.3 Å². The van der Waals surface area contributed by atoms with Crippen molar-refractivity contribution in [3.05, 3.63) is 51.1 Å². The molecule has 188 valence electrons. The molecule has 0 spiro atoms. The number of methoxy groups -OCH3 is 1. The molecule has 0 aromatic heterocycles. The van der Waals surface area contributed by atoms with Crippen LogP contribution in [0.5, 0.6) is 17.2 Å². The number of esters is 1. The Morgan fingerprint density at radius 1 is 1.06 bits per heavy atom. The van der Waals surface area contributed by atoms with E-state index in [2.05, 4.69) is 38.4 Å². The average molecular weight is 597 g/mol. The van der Waals surface area contributed by atoms with Gasteiger partial charge in [0.2, 0.25) is 5.91 Å². The summed E-state index contributed by atoms with van der Waals surface area (Å²) in [5.74, 6) is 0.407. The Bertz CT molecular complexity index is 1040. The number of benzene rings is 2. The van der Waals surface area contributed by atoms with Crippen LogP contribution in [0.3, 0.4) is 0 Å². The van der Waals surface area contributed by atoms with Gasteiger partial charge < -0.3 is 24.3 Å². The summed E-state index contributed by atoms with van der Waals surface area (Å²) < 4.78 is 21.8. The Balaban J connectivity index is 1.87. The molecule has 2 rings (SSSR count). The molecule has 2 aromatic carbocycles. The third-order valence-electron chi connectivity index (χ3n) is 4.36. The molecule has 2 aromatic rings. The molecule has 0 saturated carbocycles. The van der Waals surface area contributed by atoms with Crippen molar-refractivity contribution in [1.29, 1.82) is 0 Å². The summed E-state index contributed by atoms with van der Waals surface area (Å²) in [4.78, 5) is 35.8. The first-order valence-electron chi connectivity index (χ1n) is 10.9. The minimum absolute atomic E-state index is 0.0571. The van der Waals surface area contributed by atoms with Crippen molar-refractivity contribution in [1.82, 2.24) is 10.7 Å². The molecule has 0 radical (unpaired) electrons. The highest BCUT2D eigenvalue weighted by atomic mass is 127. The largest absolute Gasteiger partial charge is 0.497 e. The highest BCUT2D eigenvalue weighted by molar-refractivity contribution is 14.1. The predicted octanol–water partition coefficient (Wildman–Crippen LogP) is 2.91. The molecule has 2 N–H and O–H groups in total. The molecule has 0 unspecified atom stereocenters. The van der Waals surface area contributed by atoms with Gasteiger partial charge in [-0.1, -0.05) is 0 Å². The van der Waals surface area contributed by atoms with Crippen LogP contribution in [0.15, 0.2) is 41.5 Å². The molecule has 0 fully saturated rings. The molecule has 0 atom stereocenters. The monoisotopic (exact) mass is 597 g/mol. The number of ether oxygens (including phenoxy) is 4. The van der Waals surface area contributed by atoms with Crippen molar-refractivity contribution in [2.75, 3.05) is 33.5 Å². The van der Waals surface area contributed by atoms with Crippen molar-refractivity contribution in [2.24, 2.45) is 5.10 Å². The fourth-order valence-electron chi connectivity index (χ4n) is 2.77. The van der Waals surface area contributed by atoms with Crippen LogP contribution in [-0.2, 0) is 14.3 Å². The maximum Gasteiger partial charge on any atom is 0.344 e. The second kappa shape index (κ2) is 14.8. The third kappa shape index (κ3) is 9.43. The Kier molecular flexibility index (Phi) is 11.8. The van der Waals surface area contributed by atoms with Crippen LogP contribution in [0.25, 0.3) is 0 Å². The average Bonchev–Trinajstić information content (AvgIpc) is 2.84. The normalized spacial score (nSPS) is 10.5. The summed E-state index contributed by atoms with van der Waals surface area (Å²) in [6, 6.07) is 10.1. The zero-order chi connectivity index (χ0) is 25.6. The first-order chi connectivity index (χ1) is 16.9. The van der Waals surface area contributed by atoms with E-state index in [0.717, 1.165) is 0 Å². The van der Waals surface area contributed by atoms with Gasteiger partial charge in [-0.15, -0.1) is 0 Å².